The van der Waals surface area contributed by atoms with E-state index in [1.165, 1.54) is 21.1 Å². The van der Waals surface area contributed by atoms with Crippen LogP contribution < -0.4 is 10.6 Å². The second kappa shape index (κ2) is 8.91. The summed E-state index contributed by atoms with van der Waals surface area (Å²) in [7, 11) is 2.87. The predicted molar refractivity (Wildman–Crippen MR) is 88.9 cm³/mol. The summed E-state index contributed by atoms with van der Waals surface area (Å²) in [4.78, 5) is 23.5. The second-order valence-electron chi connectivity index (χ2n) is 5.77. The topological polar surface area (TPSA) is 106 Å². The van der Waals surface area contributed by atoms with Crippen LogP contribution in [-0.2, 0) is 19.0 Å². The number of hydrogen-bond donors (Lipinski definition) is 3. The molecule has 1 aromatic rings. The standard InChI is InChI=1S/C17H24N2O6/c1-10(20)18-9-12-14(21)15(23-2)13(17(24-3)25-12)19-16(22)11-7-5-4-6-8-11/h4-8,12-15,17,21H,9H2,1-3H3,(H,18,20)(H,19,22). The van der Waals surface area contributed by atoms with Gasteiger partial charge in [0.05, 0.1) is 0 Å². The lowest BCUT2D eigenvalue weighted by atomic mass is 9.96. The first-order valence-corrected chi connectivity index (χ1v) is 7.97. The monoisotopic (exact) mass is 352 g/mol. The van der Waals surface area contributed by atoms with Crippen LogP contribution in [0.4, 0.5) is 0 Å². The van der Waals surface area contributed by atoms with Crippen LogP contribution in [0.2, 0.25) is 0 Å². The Bertz CT molecular complexity index is 582. The number of benzene rings is 1. The molecule has 5 unspecified atom stereocenters. The van der Waals surface area contributed by atoms with E-state index in [1.807, 2.05) is 6.07 Å². The highest BCUT2D eigenvalue weighted by molar-refractivity contribution is 5.94. The van der Waals surface area contributed by atoms with Gasteiger partial charge in [0.15, 0.2) is 6.29 Å². The second-order valence-corrected chi connectivity index (χ2v) is 5.77. The number of carbonyl (C=O) groups excluding carboxylic acids is 2. The molecule has 1 aromatic carbocycles. The van der Waals surface area contributed by atoms with Gasteiger partial charge in [-0.1, -0.05) is 18.2 Å². The fourth-order valence-electron chi connectivity index (χ4n) is 2.79. The van der Waals surface area contributed by atoms with Crippen molar-refractivity contribution in [3.63, 3.8) is 0 Å². The zero-order valence-electron chi connectivity index (χ0n) is 14.5. The minimum Gasteiger partial charge on any atom is -0.388 e. The molecule has 1 saturated heterocycles. The van der Waals surface area contributed by atoms with Crippen molar-refractivity contribution in [3.05, 3.63) is 35.9 Å². The molecule has 0 saturated carbocycles. The Hall–Kier alpha value is -2.00. The smallest absolute Gasteiger partial charge is 0.251 e. The zero-order chi connectivity index (χ0) is 18.4. The molecular weight excluding hydrogens is 328 g/mol. The Morgan fingerprint density at radius 1 is 1.20 bits per heavy atom. The first-order valence-electron chi connectivity index (χ1n) is 7.97. The molecule has 1 fully saturated rings. The van der Waals surface area contributed by atoms with Crippen LogP contribution in [0.25, 0.3) is 0 Å². The Balaban J connectivity index is 2.13. The van der Waals surface area contributed by atoms with Crippen LogP contribution in [0.5, 0.6) is 0 Å². The number of amides is 2. The lowest BCUT2D eigenvalue weighted by molar-refractivity contribution is -0.258. The van der Waals surface area contributed by atoms with Crippen LogP contribution in [0, 0.1) is 0 Å². The van der Waals surface area contributed by atoms with Gasteiger partial charge in [0.25, 0.3) is 5.91 Å². The Labute approximate surface area is 146 Å². The minimum absolute atomic E-state index is 0.107. The summed E-state index contributed by atoms with van der Waals surface area (Å²) in [6.45, 7) is 1.48. The summed E-state index contributed by atoms with van der Waals surface area (Å²) in [6, 6.07) is 7.97. The highest BCUT2D eigenvalue weighted by Crippen LogP contribution is 2.24. The fourth-order valence-corrected chi connectivity index (χ4v) is 2.79. The van der Waals surface area contributed by atoms with E-state index in [2.05, 4.69) is 10.6 Å². The van der Waals surface area contributed by atoms with E-state index in [0.717, 1.165) is 0 Å². The van der Waals surface area contributed by atoms with Crippen LogP contribution in [0.1, 0.15) is 17.3 Å². The van der Waals surface area contributed by atoms with Gasteiger partial charge in [-0.2, -0.15) is 0 Å². The number of methoxy groups -OCH3 is 2. The molecule has 2 amide bonds. The van der Waals surface area contributed by atoms with Gasteiger partial charge in [-0.25, -0.2) is 0 Å². The molecule has 1 heterocycles. The highest BCUT2D eigenvalue weighted by atomic mass is 16.7. The summed E-state index contributed by atoms with van der Waals surface area (Å²) in [5.41, 5.74) is 0.474. The van der Waals surface area contributed by atoms with Gasteiger partial charge in [0.2, 0.25) is 5.91 Å². The van der Waals surface area contributed by atoms with Gasteiger partial charge < -0.3 is 30.0 Å². The number of rotatable bonds is 6. The molecule has 0 aromatic heterocycles. The van der Waals surface area contributed by atoms with E-state index in [-0.39, 0.29) is 18.4 Å². The number of nitrogens with one attached hydrogen (secondary N) is 2. The normalized spacial score (nSPS) is 29.0. The maximum atomic E-state index is 12.4. The largest absolute Gasteiger partial charge is 0.388 e. The van der Waals surface area contributed by atoms with Gasteiger partial charge in [-0.15, -0.1) is 0 Å². The van der Waals surface area contributed by atoms with Crippen molar-refractivity contribution in [1.29, 1.82) is 0 Å². The molecule has 138 valence electrons. The van der Waals surface area contributed by atoms with Crippen molar-refractivity contribution in [2.24, 2.45) is 0 Å². The molecule has 1 aliphatic heterocycles. The summed E-state index contributed by atoms with van der Waals surface area (Å²) in [5.74, 6) is -0.566. The van der Waals surface area contributed by atoms with Gasteiger partial charge >= 0.3 is 0 Å². The molecule has 2 rings (SSSR count). The maximum absolute atomic E-state index is 12.4. The van der Waals surface area contributed by atoms with E-state index in [4.69, 9.17) is 14.2 Å². The molecule has 1 aliphatic rings. The number of aliphatic hydroxyl groups is 1. The van der Waals surface area contributed by atoms with E-state index in [9.17, 15) is 14.7 Å². The Morgan fingerprint density at radius 3 is 2.44 bits per heavy atom. The van der Waals surface area contributed by atoms with E-state index >= 15 is 0 Å². The van der Waals surface area contributed by atoms with Gasteiger partial charge in [0, 0.05) is 33.3 Å². The van der Waals surface area contributed by atoms with Crippen molar-refractivity contribution in [1.82, 2.24) is 10.6 Å². The number of ether oxygens (including phenoxy) is 3. The molecule has 0 aliphatic carbocycles. The van der Waals surface area contributed by atoms with E-state index in [1.54, 1.807) is 24.3 Å². The third-order valence-electron chi connectivity index (χ3n) is 4.06. The van der Waals surface area contributed by atoms with Gasteiger partial charge in [-0.05, 0) is 12.1 Å². The third kappa shape index (κ3) is 4.76. The fraction of sp³-hybridized carbons (Fsp3) is 0.529. The molecular formula is C17H24N2O6. The summed E-state index contributed by atoms with van der Waals surface area (Å²) >= 11 is 0. The Morgan fingerprint density at radius 2 is 1.88 bits per heavy atom. The first-order chi connectivity index (χ1) is 12.0. The van der Waals surface area contributed by atoms with Crippen molar-refractivity contribution in [2.75, 3.05) is 20.8 Å². The van der Waals surface area contributed by atoms with Crippen LogP contribution in [0.15, 0.2) is 30.3 Å². The molecule has 3 N–H and O–H groups in total. The molecule has 0 radical (unpaired) electrons. The first kappa shape index (κ1) is 19.3. The average molecular weight is 352 g/mol. The van der Waals surface area contributed by atoms with Gasteiger partial charge in [0.1, 0.15) is 24.4 Å². The van der Waals surface area contributed by atoms with Crippen LogP contribution in [0.3, 0.4) is 0 Å². The quantitative estimate of drug-likeness (QED) is 0.647. The van der Waals surface area contributed by atoms with Gasteiger partial charge in [-0.3, -0.25) is 9.59 Å². The molecule has 8 nitrogen and oxygen atoms in total. The average Bonchev–Trinajstić information content (AvgIpc) is 2.61. The van der Waals surface area contributed by atoms with E-state index < -0.39 is 30.6 Å². The summed E-state index contributed by atoms with van der Waals surface area (Å²) < 4.78 is 16.4. The summed E-state index contributed by atoms with van der Waals surface area (Å²) in [5, 5.41) is 15.9. The molecule has 5 atom stereocenters. The lowest BCUT2D eigenvalue weighted by Gasteiger charge is -2.43. The van der Waals surface area contributed by atoms with Crippen molar-refractivity contribution in [3.8, 4) is 0 Å². The predicted octanol–water partition coefficient (Wildman–Crippen LogP) is -0.332. The minimum atomic E-state index is -1.05. The highest BCUT2D eigenvalue weighted by Gasteiger charge is 2.46. The molecule has 25 heavy (non-hydrogen) atoms. The van der Waals surface area contributed by atoms with Crippen molar-refractivity contribution < 1.29 is 28.9 Å². The van der Waals surface area contributed by atoms with Crippen molar-refractivity contribution >= 4 is 11.8 Å². The molecule has 8 heteroatoms. The van der Waals surface area contributed by atoms with Crippen LogP contribution in [-0.4, -0.2) is 68.3 Å². The van der Waals surface area contributed by atoms with E-state index in [0.29, 0.717) is 5.56 Å². The third-order valence-corrected chi connectivity index (χ3v) is 4.06. The van der Waals surface area contributed by atoms with Crippen molar-refractivity contribution in [2.45, 2.75) is 37.6 Å². The number of carbonyl (C=O) groups is 2. The lowest BCUT2D eigenvalue weighted by Crippen LogP contribution is -2.66. The number of hydrogen-bond acceptors (Lipinski definition) is 6. The summed E-state index contributed by atoms with van der Waals surface area (Å²) in [6.07, 6.45) is -3.36. The maximum Gasteiger partial charge on any atom is 0.251 e. The zero-order valence-corrected chi connectivity index (χ0v) is 14.5. The number of aliphatic hydroxyl groups excluding tert-OH is 1. The SMILES string of the molecule is COC1OC(CNC(C)=O)C(O)C(OC)C1NC(=O)c1ccccc1. The van der Waals surface area contributed by atoms with Crippen LogP contribution >= 0.6 is 0 Å². The molecule has 0 bridgehead atoms. The molecule has 0 spiro atoms. The Kier molecular flexibility index (Phi) is 6.89.